The fourth-order valence-corrected chi connectivity index (χ4v) is 4.69. The molecule has 0 aromatic heterocycles. The number of benzene rings is 2. The Labute approximate surface area is 150 Å². The van der Waals surface area contributed by atoms with Crippen molar-refractivity contribution >= 4 is 6.08 Å². The Morgan fingerprint density at radius 1 is 0.920 bits per heavy atom. The molecule has 130 valence electrons. The minimum atomic E-state index is -0.120. The smallest absolute Gasteiger partial charge is 0.130 e. The van der Waals surface area contributed by atoms with Crippen LogP contribution < -0.4 is 0 Å². The van der Waals surface area contributed by atoms with E-state index in [9.17, 15) is 4.39 Å². The topological polar surface area (TPSA) is 3.24 Å². The van der Waals surface area contributed by atoms with Crippen molar-refractivity contribution in [1.29, 1.82) is 0 Å². The molecule has 1 nitrogen and oxygen atoms in total. The van der Waals surface area contributed by atoms with Crippen molar-refractivity contribution in [3.05, 3.63) is 77.6 Å². The number of allylic oxidation sites excluding steroid dienone is 1. The normalized spacial score (nSPS) is 26.8. The number of fused-ring (bicyclic) bond motifs is 2. The van der Waals surface area contributed by atoms with E-state index in [1.165, 1.54) is 24.8 Å². The van der Waals surface area contributed by atoms with Gasteiger partial charge in [-0.1, -0.05) is 67.1 Å². The summed E-state index contributed by atoms with van der Waals surface area (Å²) in [4.78, 5) is 2.62. The summed E-state index contributed by atoms with van der Waals surface area (Å²) < 4.78 is 13.9. The third-order valence-corrected chi connectivity index (χ3v) is 5.88. The van der Waals surface area contributed by atoms with Crippen LogP contribution in [0.5, 0.6) is 0 Å². The first-order valence-electron chi connectivity index (χ1n) is 9.48. The van der Waals surface area contributed by atoms with Crippen LogP contribution in [0.3, 0.4) is 0 Å². The number of likely N-dealkylation sites (tertiary alicyclic amines) is 1. The molecule has 0 spiro atoms. The molecule has 1 aliphatic carbocycles. The van der Waals surface area contributed by atoms with Crippen LogP contribution in [0.2, 0.25) is 0 Å². The van der Waals surface area contributed by atoms with Gasteiger partial charge in [-0.05, 0) is 42.2 Å². The molecule has 2 fully saturated rings. The van der Waals surface area contributed by atoms with Crippen LogP contribution >= 0.6 is 0 Å². The molecule has 4 rings (SSSR count). The van der Waals surface area contributed by atoms with E-state index < -0.39 is 0 Å². The zero-order valence-electron chi connectivity index (χ0n) is 14.7. The number of piperidine rings is 1. The molecule has 1 unspecified atom stereocenters. The summed E-state index contributed by atoms with van der Waals surface area (Å²) in [5.41, 5.74) is 2.12. The lowest BCUT2D eigenvalue weighted by Crippen LogP contribution is -2.47. The maximum atomic E-state index is 13.9. The molecule has 1 heterocycles. The van der Waals surface area contributed by atoms with E-state index >= 15 is 0 Å². The van der Waals surface area contributed by atoms with E-state index in [2.05, 4.69) is 41.3 Å². The quantitative estimate of drug-likeness (QED) is 0.724. The van der Waals surface area contributed by atoms with Crippen LogP contribution in [0, 0.1) is 23.6 Å². The van der Waals surface area contributed by atoms with E-state index in [0.717, 1.165) is 19.6 Å². The summed E-state index contributed by atoms with van der Waals surface area (Å²) in [6.07, 6.45) is 8.26. The van der Waals surface area contributed by atoms with Gasteiger partial charge in [-0.25, -0.2) is 4.39 Å². The first kappa shape index (κ1) is 16.5. The van der Waals surface area contributed by atoms with Gasteiger partial charge in [0.2, 0.25) is 0 Å². The predicted molar refractivity (Wildman–Crippen MR) is 101 cm³/mol. The zero-order chi connectivity index (χ0) is 17.1. The van der Waals surface area contributed by atoms with E-state index in [4.69, 9.17) is 0 Å². The lowest BCUT2D eigenvalue weighted by atomic mass is 9.68. The lowest BCUT2D eigenvalue weighted by Gasteiger charge is -2.46. The Bertz CT molecular complexity index is 710. The Hall–Kier alpha value is -1.93. The van der Waals surface area contributed by atoms with Gasteiger partial charge in [-0.3, -0.25) is 4.90 Å². The third kappa shape index (κ3) is 3.85. The highest BCUT2D eigenvalue weighted by Crippen LogP contribution is 2.41. The second-order valence-electron chi connectivity index (χ2n) is 7.59. The molecule has 2 aromatic carbocycles. The van der Waals surface area contributed by atoms with Gasteiger partial charge in [0.05, 0.1) is 0 Å². The average Bonchev–Trinajstić information content (AvgIpc) is 2.62. The summed E-state index contributed by atoms with van der Waals surface area (Å²) in [5, 5.41) is 0. The molecule has 1 saturated carbocycles. The molecule has 1 saturated heterocycles. The molecule has 2 aliphatic rings. The summed E-state index contributed by atoms with van der Waals surface area (Å²) >= 11 is 0. The van der Waals surface area contributed by atoms with Crippen LogP contribution in [0.1, 0.15) is 30.4 Å². The standard InChI is InChI=1S/C23H26FN/c24-23-12-5-4-9-19(23)13-14-22-20-10-6-11-21(22)17-25(16-20)15-18-7-2-1-3-8-18/h1-5,7-9,12-14,20-22H,6,10-11,15-17H2/b14-13+/t20-,21+,22?. The van der Waals surface area contributed by atoms with Crippen LogP contribution in [0.4, 0.5) is 4.39 Å². The second-order valence-corrected chi connectivity index (χ2v) is 7.59. The van der Waals surface area contributed by atoms with Crippen molar-refractivity contribution in [3.63, 3.8) is 0 Å². The predicted octanol–water partition coefficient (Wildman–Crippen LogP) is 5.39. The first-order valence-corrected chi connectivity index (χ1v) is 9.48. The van der Waals surface area contributed by atoms with Crippen LogP contribution in [-0.2, 0) is 6.54 Å². The van der Waals surface area contributed by atoms with Gasteiger partial charge < -0.3 is 0 Å². The van der Waals surface area contributed by atoms with Crippen molar-refractivity contribution in [1.82, 2.24) is 4.90 Å². The van der Waals surface area contributed by atoms with Crippen molar-refractivity contribution in [3.8, 4) is 0 Å². The number of nitrogens with zero attached hydrogens (tertiary/aromatic N) is 1. The maximum absolute atomic E-state index is 13.9. The fraction of sp³-hybridized carbons (Fsp3) is 0.391. The lowest BCUT2D eigenvalue weighted by molar-refractivity contribution is 0.0422. The van der Waals surface area contributed by atoms with Gasteiger partial charge in [0, 0.05) is 25.2 Å². The Kier molecular flexibility index (Phi) is 4.98. The highest BCUT2D eigenvalue weighted by molar-refractivity contribution is 5.50. The van der Waals surface area contributed by atoms with E-state index in [-0.39, 0.29) is 5.82 Å². The monoisotopic (exact) mass is 335 g/mol. The minimum absolute atomic E-state index is 0.120. The van der Waals surface area contributed by atoms with E-state index in [1.807, 2.05) is 18.2 Å². The van der Waals surface area contributed by atoms with Gasteiger partial charge in [-0.15, -0.1) is 0 Å². The SMILES string of the molecule is Fc1ccccc1/C=C/C1[C@@H]2CCC[C@H]1CN(Cc1ccccc1)C2. The largest absolute Gasteiger partial charge is 0.298 e. The molecular formula is C23H26FN. The highest BCUT2D eigenvalue weighted by atomic mass is 19.1. The molecule has 2 bridgehead atoms. The Morgan fingerprint density at radius 2 is 1.60 bits per heavy atom. The molecule has 25 heavy (non-hydrogen) atoms. The number of rotatable bonds is 4. The van der Waals surface area contributed by atoms with Crippen molar-refractivity contribution < 1.29 is 4.39 Å². The van der Waals surface area contributed by atoms with Gasteiger partial charge >= 0.3 is 0 Å². The van der Waals surface area contributed by atoms with Crippen molar-refractivity contribution in [2.24, 2.45) is 17.8 Å². The molecule has 2 heteroatoms. The summed E-state index contributed by atoms with van der Waals surface area (Å²) in [6, 6.07) is 17.8. The number of halogens is 1. The molecule has 3 atom stereocenters. The van der Waals surface area contributed by atoms with Gasteiger partial charge in [0.1, 0.15) is 5.82 Å². The molecule has 2 aromatic rings. The van der Waals surface area contributed by atoms with Gasteiger partial charge in [-0.2, -0.15) is 0 Å². The fourth-order valence-electron chi connectivity index (χ4n) is 4.69. The number of hydrogen-bond acceptors (Lipinski definition) is 1. The highest BCUT2D eigenvalue weighted by Gasteiger charge is 2.37. The third-order valence-electron chi connectivity index (χ3n) is 5.88. The molecular weight excluding hydrogens is 309 g/mol. The van der Waals surface area contributed by atoms with Crippen LogP contribution in [-0.4, -0.2) is 18.0 Å². The maximum Gasteiger partial charge on any atom is 0.130 e. The molecule has 0 amide bonds. The van der Waals surface area contributed by atoms with E-state index in [1.54, 1.807) is 12.1 Å². The summed E-state index contributed by atoms with van der Waals surface area (Å²) in [7, 11) is 0. The Morgan fingerprint density at radius 3 is 2.32 bits per heavy atom. The minimum Gasteiger partial charge on any atom is -0.298 e. The van der Waals surface area contributed by atoms with Crippen molar-refractivity contribution in [2.75, 3.05) is 13.1 Å². The Balaban J connectivity index is 1.46. The van der Waals surface area contributed by atoms with Crippen molar-refractivity contribution in [2.45, 2.75) is 25.8 Å². The molecule has 0 N–H and O–H groups in total. The van der Waals surface area contributed by atoms with Crippen LogP contribution in [0.25, 0.3) is 6.08 Å². The molecule has 1 aliphatic heterocycles. The first-order chi connectivity index (χ1) is 12.3. The average molecular weight is 335 g/mol. The van der Waals surface area contributed by atoms with Gasteiger partial charge in [0.25, 0.3) is 0 Å². The van der Waals surface area contributed by atoms with Crippen LogP contribution in [0.15, 0.2) is 60.7 Å². The molecule has 0 radical (unpaired) electrons. The number of hydrogen-bond donors (Lipinski definition) is 0. The zero-order valence-corrected chi connectivity index (χ0v) is 14.7. The van der Waals surface area contributed by atoms with Gasteiger partial charge in [0.15, 0.2) is 0 Å². The van der Waals surface area contributed by atoms with E-state index in [0.29, 0.717) is 23.3 Å². The summed E-state index contributed by atoms with van der Waals surface area (Å²) in [5.74, 6) is 1.89. The summed E-state index contributed by atoms with van der Waals surface area (Å²) in [6.45, 7) is 3.38. The second kappa shape index (κ2) is 7.53.